The molecule has 240 valence electrons. The highest BCUT2D eigenvalue weighted by molar-refractivity contribution is 6.04. The smallest absolute Gasteiger partial charge is 0.0973 e. The van der Waals surface area contributed by atoms with E-state index in [4.69, 9.17) is 19.9 Å². The first-order chi connectivity index (χ1) is 25.2. The molecule has 1 aliphatic heterocycles. The van der Waals surface area contributed by atoms with Crippen LogP contribution in [0, 0.1) is 6.92 Å². The molecular weight excluding hydrogens is 623 g/mol. The second kappa shape index (κ2) is 11.7. The Morgan fingerprint density at radius 1 is 0.529 bits per heavy atom. The average Bonchev–Trinajstić information content (AvgIpc) is 3.19. The van der Waals surface area contributed by atoms with Crippen molar-refractivity contribution in [2.75, 3.05) is 5.32 Å². The van der Waals surface area contributed by atoms with Crippen LogP contribution in [0.5, 0.6) is 0 Å². The number of nitrogens with one attached hydrogen (secondary N) is 1. The topological polar surface area (TPSA) is 63.6 Å². The fourth-order valence-electron chi connectivity index (χ4n) is 7.45. The van der Waals surface area contributed by atoms with E-state index in [1.165, 1.54) is 27.8 Å². The minimum Gasteiger partial charge on any atom is -0.372 e. The first kappa shape index (κ1) is 29.2. The quantitative estimate of drug-likeness (QED) is 0.192. The van der Waals surface area contributed by atoms with Crippen molar-refractivity contribution in [1.82, 2.24) is 19.9 Å². The number of fused-ring (bicyclic) bond motifs is 7. The molecule has 2 aliphatic rings. The zero-order valence-corrected chi connectivity index (χ0v) is 27.9. The zero-order valence-electron chi connectivity index (χ0n) is 27.9. The maximum absolute atomic E-state index is 5.27. The summed E-state index contributed by atoms with van der Waals surface area (Å²) in [5, 5.41) is 5.91. The van der Waals surface area contributed by atoms with Gasteiger partial charge in [-0.15, -0.1) is 0 Å². The van der Waals surface area contributed by atoms with Crippen molar-refractivity contribution in [2.24, 2.45) is 0 Å². The Morgan fingerprint density at radius 2 is 1.22 bits per heavy atom. The van der Waals surface area contributed by atoms with Crippen LogP contribution >= 0.6 is 0 Å². The number of anilines is 1. The highest BCUT2D eigenvalue weighted by atomic mass is 15.0. The number of benzene rings is 4. The third-order valence-corrected chi connectivity index (χ3v) is 9.99. The van der Waals surface area contributed by atoms with Crippen molar-refractivity contribution in [2.45, 2.75) is 13.0 Å². The van der Waals surface area contributed by atoms with Gasteiger partial charge in [-0.1, -0.05) is 115 Å². The monoisotopic (exact) mass is 653 g/mol. The lowest BCUT2D eigenvalue weighted by molar-refractivity contribution is 0.869. The molecule has 4 aromatic carbocycles. The molecule has 0 saturated heterocycles. The van der Waals surface area contributed by atoms with Crippen molar-refractivity contribution < 1.29 is 0 Å². The van der Waals surface area contributed by atoms with Gasteiger partial charge in [0.15, 0.2) is 0 Å². The van der Waals surface area contributed by atoms with Gasteiger partial charge in [0, 0.05) is 39.3 Å². The Labute approximate surface area is 295 Å². The summed E-state index contributed by atoms with van der Waals surface area (Å²) < 4.78 is 0. The summed E-state index contributed by atoms with van der Waals surface area (Å²) in [4.78, 5) is 20.4. The Kier molecular flexibility index (Phi) is 6.71. The lowest BCUT2D eigenvalue weighted by Crippen LogP contribution is -2.23. The number of nitrogens with zero attached hydrogens (tertiary/aromatic N) is 4. The number of para-hydroxylation sites is 1. The fraction of sp³-hybridized carbons (Fsp3) is 0.0435. The van der Waals surface area contributed by atoms with Gasteiger partial charge in [-0.25, -0.2) is 15.0 Å². The SMILES string of the molecule is Cc1cccc(-c2ccc3ccc4ccc(-c5ccc(-c6ccc7c(n6)C6Nc8ccccc8C(c8ccccc8)=C6C=C7)cn5)nc4c3n2)c1. The minimum absolute atomic E-state index is 0.0704. The van der Waals surface area contributed by atoms with Gasteiger partial charge in [0.2, 0.25) is 0 Å². The maximum Gasteiger partial charge on any atom is 0.0973 e. The summed E-state index contributed by atoms with van der Waals surface area (Å²) in [6, 6.07) is 48.5. The Hall–Kier alpha value is -6.72. The van der Waals surface area contributed by atoms with Crippen LogP contribution in [0.25, 0.3) is 67.4 Å². The van der Waals surface area contributed by atoms with Crippen molar-refractivity contribution in [1.29, 1.82) is 0 Å². The molecular formula is C46H31N5. The molecule has 1 unspecified atom stereocenters. The largest absolute Gasteiger partial charge is 0.372 e. The van der Waals surface area contributed by atoms with Gasteiger partial charge in [-0.05, 0) is 71.7 Å². The highest BCUT2D eigenvalue weighted by Crippen LogP contribution is 2.46. The normalized spacial score (nSPS) is 14.6. The van der Waals surface area contributed by atoms with Crippen molar-refractivity contribution in [3.63, 3.8) is 0 Å². The standard InChI is InChI=1S/C46H31N5/c1-28-8-7-11-33(26-28)37-22-17-30-14-15-31-19-25-41(51-44(31)43(30)48-37)40-24-20-34(27-47-40)38-23-18-32-16-21-36-42(29-9-3-2-4-10-29)35-12-5-6-13-39(35)50-46(36)45(32)49-38/h2-27,46,50H,1H3. The van der Waals surface area contributed by atoms with E-state index in [-0.39, 0.29) is 6.04 Å². The van der Waals surface area contributed by atoms with E-state index < -0.39 is 0 Å². The molecule has 10 rings (SSSR count). The van der Waals surface area contributed by atoms with E-state index in [2.05, 4.69) is 152 Å². The van der Waals surface area contributed by atoms with Gasteiger partial charge in [-0.3, -0.25) is 4.98 Å². The van der Waals surface area contributed by atoms with Crippen LogP contribution in [0.4, 0.5) is 5.69 Å². The van der Waals surface area contributed by atoms with E-state index >= 15 is 0 Å². The molecule has 0 bridgehead atoms. The Balaban J connectivity index is 1.01. The molecule has 8 aromatic rings. The van der Waals surface area contributed by atoms with E-state index in [0.29, 0.717) is 0 Å². The van der Waals surface area contributed by atoms with Gasteiger partial charge >= 0.3 is 0 Å². The lowest BCUT2D eigenvalue weighted by atomic mass is 9.81. The molecule has 1 atom stereocenters. The average molecular weight is 654 g/mol. The first-order valence-corrected chi connectivity index (χ1v) is 17.3. The van der Waals surface area contributed by atoms with Crippen LogP contribution < -0.4 is 5.32 Å². The third-order valence-electron chi connectivity index (χ3n) is 9.99. The molecule has 0 radical (unpaired) electrons. The number of aromatic nitrogens is 4. The van der Waals surface area contributed by atoms with Crippen LogP contribution in [0.1, 0.15) is 34.0 Å². The predicted octanol–water partition coefficient (Wildman–Crippen LogP) is 10.9. The number of rotatable bonds is 4. The minimum atomic E-state index is -0.0704. The summed E-state index contributed by atoms with van der Waals surface area (Å²) in [5.74, 6) is 0. The second-order valence-corrected chi connectivity index (χ2v) is 13.2. The molecule has 5 heterocycles. The molecule has 51 heavy (non-hydrogen) atoms. The maximum atomic E-state index is 5.27. The van der Waals surface area contributed by atoms with Gasteiger partial charge in [0.05, 0.1) is 45.5 Å². The second-order valence-electron chi connectivity index (χ2n) is 13.2. The van der Waals surface area contributed by atoms with E-state index in [0.717, 1.165) is 72.7 Å². The molecule has 0 amide bonds. The molecule has 5 nitrogen and oxygen atoms in total. The molecule has 5 heteroatoms. The van der Waals surface area contributed by atoms with Crippen LogP contribution in [-0.4, -0.2) is 19.9 Å². The number of pyridine rings is 4. The van der Waals surface area contributed by atoms with Crippen molar-refractivity contribution in [3.05, 3.63) is 185 Å². The molecule has 0 saturated carbocycles. The Bertz CT molecular complexity index is 2730. The van der Waals surface area contributed by atoms with Gasteiger partial charge in [0.1, 0.15) is 0 Å². The molecule has 1 aliphatic carbocycles. The van der Waals surface area contributed by atoms with Gasteiger partial charge < -0.3 is 5.32 Å². The van der Waals surface area contributed by atoms with Crippen LogP contribution in [0.2, 0.25) is 0 Å². The lowest BCUT2D eigenvalue weighted by Gasteiger charge is -2.34. The molecule has 4 aromatic heterocycles. The summed E-state index contributed by atoms with van der Waals surface area (Å²) in [6.07, 6.45) is 6.34. The number of hydrogen-bond donors (Lipinski definition) is 1. The van der Waals surface area contributed by atoms with Crippen LogP contribution in [0.3, 0.4) is 0 Å². The third kappa shape index (κ3) is 5.01. The van der Waals surface area contributed by atoms with Crippen molar-refractivity contribution >= 4 is 39.1 Å². The first-order valence-electron chi connectivity index (χ1n) is 17.3. The molecule has 0 spiro atoms. The highest BCUT2D eigenvalue weighted by Gasteiger charge is 2.31. The number of hydrogen-bond acceptors (Lipinski definition) is 5. The van der Waals surface area contributed by atoms with Gasteiger partial charge in [0.25, 0.3) is 0 Å². The van der Waals surface area contributed by atoms with E-state index in [1.807, 2.05) is 18.3 Å². The summed E-state index contributed by atoms with van der Waals surface area (Å²) in [7, 11) is 0. The van der Waals surface area contributed by atoms with Crippen molar-refractivity contribution in [3.8, 4) is 33.9 Å². The summed E-state index contributed by atoms with van der Waals surface area (Å²) in [6.45, 7) is 2.10. The van der Waals surface area contributed by atoms with Gasteiger partial charge in [-0.2, -0.15) is 0 Å². The summed E-state index contributed by atoms with van der Waals surface area (Å²) >= 11 is 0. The fourth-order valence-corrected chi connectivity index (χ4v) is 7.45. The van der Waals surface area contributed by atoms with Crippen LogP contribution in [-0.2, 0) is 0 Å². The van der Waals surface area contributed by atoms with E-state index in [1.54, 1.807) is 0 Å². The van der Waals surface area contributed by atoms with Crippen LogP contribution in [0.15, 0.2) is 157 Å². The summed E-state index contributed by atoms with van der Waals surface area (Å²) in [5.41, 5.74) is 16.6. The number of aryl methyl sites for hydroxylation is 1. The predicted molar refractivity (Wildman–Crippen MR) is 208 cm³/mol. The Morgan fingerprint density at radius 3 is 2.02 bits per heavy atom. The van der Waals surface area contributed by atoms with E-state index in [9.17, 15) is 0 Å². The zero-order chi connectivity index (χ0) is 33.9. The molecule has 1 N–H and O–H groups in total. The molecule has 0 fully saturated rings.